The van der Waals surface area contributed by atoms with Gasteiger partial charge >= 0.3 is 0 Å². The van der Waals surface area contributed by atoms with Gasteiger partial charge in [0.05, 0.1) is 25.8 Å². The summed E-state index contributed by atoms with van der Waals surface area (Å²) in [6.07, 6.45) is 7.08. The van der Waals surface area contributed by atoms with E-state index in [1.54, 1.807) is 12.1 Å². The number of hydrogen-bond donors (Lipinski definition) is 1. The van der Waals surface area contributed by atoms with Gasteiger partial charge in [-0.2, -0.15) is 9.57 Å². The molecule has 0 atom stereocenters. The summed E-state index contributed by atoms with van der Waals surface area (Å²) in [5.41, 5.74) is -0.720. The third-order valence-electron chi connectivity index (χ3n) is 6.94. The zero-order chi connectivity index (χ0) is 24.0. The predicted molar refractivity (Wildman–Crippen MR) is 127 cm³/mol. The maximum atomic E-state index is 12.8. The summed E-state index contributed by atoms with van der Waals surface area (Å²) in [4.78, 5) is 21.5. The predicted octanol–water partition coefficient (Wildman–Crippen LogP) is 0.957. The lowest BCUT2D eigenvalue weighted by Crippen LogP contribution is -2.53. The van der Waals surface area contributed by atoms with Crippen molar-refractivity contribution in [1.82, 2.24) is 19.5 Å². The molecule has 0 bridgehead atoms. The number of pyridine rings is 1. The van der Waals surface area contributed by atoms with Crippen molar-refractivity contribution >= 4 is 21.7 Å². The molecule has 1 amide bonds. The number of piperazine rings is 1. The van der Waals surface area contributed by atoms with E-state index in [0.29, 0.717) is 52.5 Å². The lowest BCUT2D eigenvalue weighted by atomic mass is 9.92. The van der Waals surface area contributed by atoms with E-state index < -0.39 is 15.6 Å². The van der Waals surface area contributed by atoms with Gasteiger partial charge in [-0.15, -0.1) is 0 Å². The van der Waals surface area contributed by atoms with Crippen molar-refractivity contribution in [2.24, 2.45) is 0 Å². The van der Waals surface area contributed by atoms with E-state index in [-0.39, 0.29) is 17.3 Å². The molecule has 11 heteroatoms. The Labute approximate surface area is 201 Å². The third-order valence-corrected chi connectivity index (χ3v) is 8.82. The van der Waals surface area contributed by atoms with Crippen LogP contribution in [0.4, 0.5) is 5.82 Å². The highest BCUT2D eigenvalue weighted by Gasteiger charge is 2.33. The van der Waals surface area contributed by atoms with Gasteiger partial charge in [-0.1, -0.05) is 25.7 Å². The average Bonchev–Trinajstić information content (AvgIpc) is 3.11. The van der Waals surface area contributed by atoms with Crippen LogP contribution in [0.1, 0.15) is 38.5 Å². The molecule has 0 aromatic carbocycles. The first-order chi connectivity index (χ1) is 16.4. The number of hydrogen-bond acceptors (Lipinski definition) is 8. The Bertz CT molecular complexity index is 972. The number of sulfonamides is 1. The molecule has 3 heterocycles. The second-order valence-corrected chi connectivity index (χ2v) is 11.2. The van der Waals surface area contributed by atoms with Gasteiger partial charge < -0.3 is 15.0 Å². The molecule has 3 aliphatic rings. The zero-order valence-corrected chi connectivity index (χ0v) is 20.4. The Kier molecular flexibility index (Phi) is 8.03. The standard InChI is InChI=1S/C23H34N6O4S/c24-19-23(7-3-1-2-4-8-23)26-22(30)18-27-9-11-28(12-10-27)21-6-5-20(17-25-21)34(31,32)29-13-15-33-16-14-29/h5-6,17H,1-4,7-16,18H2,(H,26,30). The Morgan fingerprint density at radius 2 is 1.74 bits per heavy atom. The van der Waals surface area contributed by atoms with Gasteiger partial charge in [0, 0.05) is 45.5 Å². The van der Waals surface area contributed by atoms with Crippen molar-refractivity contribution in [3.8, 4) is 6.07 Å². The summed E-state index contributed by atoms with van der Waals surface area (Å²) in [6.45, 7) is 4.59. The highest BCUT2D eigenvalue weighted by molar-refractivity contribution is 7.89. The van der Waals surface area contributed by atoms with Crippen molar-refractivity contribution in [2.45, 2.75) is 49.0 Å². The molecule has 1 aliphatic carbocycles. The Hall–Kier alpha value is -2.26. The summed E-state index contributed by atoms with van der Waals surface area (Å²) in [5.74, 6) is 0.639. The van der Waals surface area contributed by atoms with Crippen LogP contribution in [0.3, 0.4) is 0 Å². The lowest BCUT2D eigenvalue weighted by Gasteiger charge is -2.36. The van der Waals surface area contributed by atoms with E-state index in [1.165, 1.54) is 10.5 Å². The fourth-order valence-electron chi connectivity index (χ4n) is 4.89. The van der Waals surface area contributed by atoms with Gasteiger partial charge in [0.25, 0.3) is 0 Å². The maximum absolute atomic E-state index is 12.8. The number of amides is 1. The summed E-state index contributed by atoms with van der Waals surface area (Å²) < 4.78 is 32.2. The van der Waals surface area contributed by atoms with Gasteiger partial charge in [-0.05, 0) is 25.0 Å². The fraction of sp³-hybridized carbons (Fsp3) is 0.696. The minimum Gasteiger partial charge on any atom is -0.379 e. The molecule has 1 aromatic rings. The summed E-state index contributed by atoms with van der Waals surface area (Å²) >= 11 is 0. The van der Waals surface area contributed by atoms with Crippen molar-refractivity contribution < 1.29 is 17.9 Å². The first-order valence-corrected chi connectivity index (χ1v) is 13.6. The van der Waals surface area contributed by atoms with Gasteiger partial charge in [0.1, 0.15) is 16.3 Å². The van der Waals surface area contributed by atoms with Crippen LogP contribution < -0.4 is 10.2 Å². The number of aromatic nitrogens is 1. The fourth-order valence-corrected chi connectivity index (χ4v) is 6.24. The Morgan fingerprint density at radius 1 is 1.06 bits per heavy atom. The molecule has 1 saturated carbocycles. The molecule has 0 unspecified atom stereocenters. The van der Waals surface area contributed by atoms with Gasteiger partial charge in [-0.25, -0.2) is 13.4 Å². The molecular formula is C23H34N6O4S. The molecule has 4 rings (SSSR count). The molecule has 1 N–H and O–H groups in total. The van der Waals surface area contributed by atoms with Crippen LogP contribution in [0.25, 0.3) is 0 Å². The van der Waals surface area contributed by atoms with Gasteiger partial charge in [-0.3, -0.25) is 9.69 Å². The van der Waals surface area contributed by atoms with Gasteiger partial charge in [0.2, 0.25) is 15.9 Å². The maximum Gasteiger partial charge on any atom is 0.244 e. The van der Waals surface area contributed by atoms with E-state index in [0.717, 1.165) is 44.3 Å². The van der Waals surface area contributed by atoms with Crippen molar-refractivity contribution in [2.75, 3.05) is 63.9 Å². The van der Waals surface area contributed by atoms with Crippen LogP contribution >= 0.6 is 0 Å². The number of nitrogens with one attached hydrogen (secondary N) is 1. The van der Waals surface area contributed by atoms with Crippen molar-refractivity contribution in [3.05, 3.63) is 18.3 Å². The smallest absolute Gasteiger partial charge is 0.244 e. The topological polar surface area (TPSA) is 119 Å². The number of nitriles is 1. The summed E-state index contributed by atoms with van der Waals surface area (Å²) in [7, 11) is -3.56. The van der Waals surface area contributed by atoms with E-state index in [4.69, 9.17) is 4.74 Å². The highest BCUT2D eigenvalue weighted by atomic mass is 32.2. The van der Waals surface area contributed by atoms with Crippen LogP contribution in [0.2, 0.25) is 0 Å². The number of rotatable bonds is 6. The molecule has 34 heavy (non-hydrogen) atoms. The summed E-state index contributed by atoms with van der Waals surface area (Å²) in [6, 6.07) is 5.73. The first-order valence-electron chi connectivity index (χ1n) is 12.2. The number of anilines is 1. The number of nitrogens with zero attached hydrogens (tertiary/aromatic N) is 5. The van der Waals surface area contributed by atoms with Crippen LogP contribution in [0, 0.1) is 11.3 Å². The van der Waals surface area contributed by atoms with Crippen LogP contribution in [0.15, 0.2) is 23.2 Å². The first kappa shape index (κ1) is 24.9. The van der Waals surface area contributed by atoms with Crippen LogP contribution in [-0.2, 0) is 19.6 Å². The highest BCUT2D eigenvalue weighted by Crippen LogP contribution is 2.26. The van der Waals surface area contributed by atoms with Crippen LogP contribution in [0.5, 0.6) is 0 Å². The molecule has 0 spiro atoms. The average molecular weight is 491 g/mol. The molecule has 10 nitrogen and oxygen atoms in total. The monoisotopic (exact) mass is 490 g/mol. The van der Waals surface area contributed by atoms with E-state index >= 15 is 0 Å². The molecule has 2 saturated heterocycles. The second kappa shape index (κ2) is 11.0. The minimum absolute atomic E-state index is 0.0901. The van der Waals surface area contributed by atoms with Crippen molar-refractivity contribution in [1.29, 1.82) is 5.26 Å². The Morgan fingerprint density at radius 3 is 2.32 bits per heavy atom. The number of carbonyl (C=O) groups excluding carboxylic acids is 1. The number of carbonyl (C=O) groups is 1. The van der Waals surface area contributed by atoms with E-state index in [2.05, 4.69) is 26.2 Å². The largest absolute Gasteiger partial charge is 0.379 e. The second-order valence-electron chi connectivity index (χ2n) is 9.29. The third kappa shape index (κ3) is 5.86. The number of ether oxygens (including phenoxy) is 1. The molecule has 1 aromatic heterocycles. The van der Waals surface area contributed by atoms with E-state index in [9.17, 15) is 18.5 Å². The van der Waals surface area contributed by atoms with E-state index in [1.807, 2.05) is 0 Å². The normalized spacial score (nSPS) is 22.5. The zero-order valence-electron chi connectivity index (χ0n) is 19.6. The number of morpholine rings is 1. The molecule has 3 fully saturated rings. The molecular weight excluding hydrogens is 456 g/mol. The quantitative estimate of drug-likeness (QED) is 0.586. The molecule has 2 aliphatic heterocycles. The van der Waals surface area contributed by atoms with Gasteiger partial charge in [0.15, 0.2) is 0 Å². The van der Waals surface area contributed by atoms with Crippen molar-refractivity contribution in [3.63, 3.8) is 0 Å². The minimum atomic E-state index is -3.56. The summed E-state index contributed by atoms with van der Waals surface area (Å²) in [5, 5.41) is 12.7. The SMILES string of the molecule is N#CC1(NC(=O)CN2CCN(c3ccc(S(=O)(=O)N4CCOCC4)cn3)CC2)CCCCCC1. The molecule has 0 radical (unpaired) electrons. The molecule has 186 valence electrons. The Balaban J connectivity index is 1.28. The lowest BCUT2D eigenvalue weighted by molar-refractivity contribution is -0.123. The van der Waals surface area contributed by atoms with Crippen LogP contribution in [-0.4, -0.2) is 93.1 Å².